The van der Waals surface area contributed by atoms with Crippen molar-refractivity contribution >= 4 is 15.7 Å². The van der Waals surface area contributed by atoms with E-state index in [1.54, 1.807) is 24.1 Å². The Morgan fingerprint density at radius 2 is 1.73 bits per heavy atom. The van der Waals surface area contributed by atoms with Crippen molar-refractivity contribution in [1.82, 2.24) is 14.7 Å². The number of rotatable bonds is 7. The summed E-state index contributed by atoms with van der Waals surface area (Å²) in [5.41, 5.74) is 0.839. The van der Waals surface area contributed by atoms with Crippen LogP contribution in [0.1, 0.15) is 18.4 Å². The lowest BCUT2D eigenvalue weighted by Gasteiger charge is -2.40. The van der Waals surface area contributed by atoms with Gasteiger partial charge in [0.2, 0.25) is 5.91 Å². The summed E-state index contributed by atoms with van der Waals surface area (Å²) in [5.74, 6) is 0.583. The van der Waals surface area contributed by atoms with Gasteiger partial charge in [-0.25, -0.2) is 8.42 Å². The Morgan fingerprint density at radius 3 is 2.30 bits per heavy atom. The number of likely N-dealkylation sites (tertiary alicyclic amines) is 1. The van der Waals surface area contributed by atoms with Gasteiger partial charge < -0.3 is 9.64 Å². The Morgan fingerprint density at radius 1 is 1.13 bits per heavy atom. The van der Waals surface area contributed by atoms with E-state index in [0.717, 1.165) is 31.5 Å². The van der Waals surface area contributed by atoms with Crippen molar-refractivity contribution in [2.75, 3.05) is 51.3 Å². The van der Waals surface area contributed by atoms with Crippen LogP contribution >= 0.6 is 0 Å². The molecule has 2 heterocycles. The molecule has 30 heavy (non-hydrogen) atoms. The molecule has 2 aliphatic rings. The molecule has 1 aromatic rings. The number of sulfone groups is 1. The predicted octanol–water partition coefficient (Wildman–Crippen LogP) is 1.44. The first kappa shape index (κ1) is 22.9. The monoisotopic (exact) mass is 445 g/mol. The molecule has 0 unspecified atom stereocenters. The summed E-state index contributed by atoms with van der Waals surface area (Å²) < 4.78 is 51.9. The van der Waals surface area contributed by atoms with Crippen molar-refractivity contribution in [3.8, 4) is 5.75 Å². The number of benzene rings is 1. The van der Waals surface area contributed by atoms with E-state index in [2.05, 4.69) is 14.5 Å². The van der Waals surface area contributed by atoms with Gasteiger partial charge in [0.15, 0.2) is 9.84 Å². The number of halogens is 2. The fourth-order valence-electron chi connectivity index (χ4n) is 3.98. The van der Waals surface area contributed by atoms with E-state index in [0.29, 0.717) is 32.2 Å². The second-order valence-electron chi connectivity index (χ2n) is 7.97. The van der Waals surface area contributed by atoms with Crippen LogP contribution in [0.15, 0.2) is 24.3 Å². The zero-order valence-corrected chi connectivity index (χ0v) is 18.0. The summed E-state index contributed by atoms with van der Waals surface area (Å²) in [6.07, 6.45) is 1.87. The standard InChI is InChI=1S/C20H29F2N3O4S/c1-23(14-16-2-4-18(5-3-16)29-20(21)22)19(26)15-24-8-6-17(7-9-24)25-10-12-30(27,28)13-11-25/h2-5,17,20H,6-15H2,1H3. The third-order valence-corrected chi connectivity index (χ3v) is 7.41. The van der Waals surface area contributed by atoms with E-state index in [9.17, 15) is 22.0 Å². The molecule has 0 radical (unpaired) electrons. The van der Waals surface area contributed by atoms with Gasteiger partial charge in [0.1, 0.15) is 5.75 Å². The molecule has 2 saturated heterocycles. The average Bonchev–Trinajstić information content (AvgIpc) is 2.70. The normalized spacial score (nSPS) is 20.9. The van der Waals surface area contributed by atoms with Crippen molar-refractivity contribution < 1.29 is 26.7 Å². The first-order chi connectivity index (χ1) is 14.2. The number of alkyl halides is 2. The zero-order chi connectivity index (χ0) is 21.7. The second kappa shape index (κ2) is 10.0. The van der Waals surface area contributed by atoms with Gasteiger partial charge in [-0.2, -0.15) is 8.78 Å². The number of carbonyl (C=O) groups excluding carboxylic acids is 1. The highest BCUT2D eigenvalue weighted by Crippen LogP contribution is 2.19. The molecule has 0 atom stereocenters. The minimum absolute atomic E-state index is 0.00502. The summed E-state index contributed by atoms with van der Waals surface area (Å²) in [7, 11) is -1.14. The average molecular weight is 446 g/mol. The van der Waals surface area contributed by atoms with E-state index in [4.69, 9.17) is 0 Å². The van der Waals surface area contributed by atoms with E-state index >= 15 is 0 Å². The maximum atomic E-state index is 12.6. The summed E-state index contributed by atoms with van der Waals surface area (Å²) in [6, 6.07) is 6.67. The van der Waals surface area contributed by atoms with Crippen LogP contribution in [0.25, 0.3) is 0 Å². The molecule has 2 aliphatic heterocycles. The molecule has 168 valence electrons. The Balaban J connectivity index is 1.41. The van der Waals surface area contributed by atoms with Crippen LogP contribution < -0.4 is 4.74 Å². The summed E-state index contributed by atoms with van der Waals surface area (Å²) in [5, 5.41) is 0. The van der Waals surface area contributed by atoms with E-state index < -0.39 is 16.4 Å². The number of hydrogen-bond acceptors (Lipinski definition) is 6. The highest BCUT2D eigenvalue weighted by atomic mass is 32.2. The van der Waals surface area contributed by atoms with Crippen LogP contribution in [0.5, 0.6) is 5.75 Å². The first-order valence-corrected chi connectivity index (χ1v) is 12.0. The summed E-state index contributed by atoms with van der Waals surface area (Å²) >= 11 is 0. The highest BCUT2D eigenvalue weighted by molar-refractivity contribution is 7.91. The van der Waals surface area contributed by atoms with Gasteiger partial charge in [0.05, 0.1) is 18.1 Å². The molecule has 3 rings (SSSR count). The number of likely N-dealkylation sites (N-methyl/N-ethyl adjacent to an activating group) is 1. The summed E-state index contributed by atoms with van der Waals surface area (Å²) in [4.78, 5) is 18.6. The van der Waals surface area contributed by atoms with Crippen molar-refractivity contribution in [3.05, 3.63) is 29.8 Å². The lowest BCUT2D eigenvalue weighted by Crippen LogP contribution is -2.51. The zero-order valence-electron chi connectivity index (χ0n) is 17.2. The van der Waals surface area contributed by atoms with Gasteiger partial charge >= 0.3 is 6.61 Å². The topological polar surface area (TPSA) is 70.2 Å². The molecule has 0 saturated carbocycles. The number of ether oxygens (including phenoxy) is 1. The van der Waals surface area contributed by atoms with Crippen LogP contribution in [0.3, 0.4) is 0 Å². The minimum atomic E-state index is -2.87. The number of nitrogens with zero attached hydrogens (tertiary/aromatic N) is 3. The molecule has 1 aromatic carbocycles. The van der Waals surface area contributed by atoms with Crippen LogP contribution in [0.4, 0.5) is 8.78 Å². The van der Waals surface area contributed by atoms with Gasteiger partial charge in [0, 0.05) is 45.8 Å². The van der Waals surface area contributed by atoms with E-state index in [-0.39, 0.29) is 23.2 Å². The Bertz CT molecular complexity index is 798. The molecule has 0 bridgehead atoms. The van der Waals surface area contributed by atoms with Crippen LogP contribution in [-0.2, 0) is 21.2 Å². The molecule has 0 N–H and O–H groups in total. The molecular formula is C20H29F2N3O4S. The molecule has 10 heteroatoms. The smallest absolute Gasteiger partial charge is 0.387 e. The van der Waals surface area contributed by atoms with Crippen LogP contribution in [0.2, 0.25) is 0 Å². The van der Waals surface area contributed by atoms with Gasteiger partial charge in [-0.15, -0.1) is 0 Å². The second-order valence-corrected chi connectivity index (χ2v) is 10.3. The Labute approximate surface area is 176 Å². The van der Waals surface area contributed by atoms with Gasteiger partial charge in [0.25, 0.3) is 0 Å². The third-order valence-electron chi connectivity index (χ3n) is 5.81. The van der Waals surface area contributed by atoms with Crippen molar-refractivity contribution in [1.29, 1.82) is 0 Å². The number of amides is 1. The minimum Gasteiger partial charge on any atom is -0.435 e. The maximum absolute atomic E-state index is 12.6. The quantitative estimate of drug-likeness (QED) is 0.633. The molecular weight excluding hydrogens is 416 g/mol. The SMILES string of the molecule is CN(Cc1ccc(OC(F)F)cc1)C(=O)CN1CCC(N2CCS(=O)(=O)CC2)CC1. The highest BCUT2D eigenvalue weighted by Gasteiger charge is 2.30. The molecule has 7 nitrogen and oxygen atoms in total. The van der Waals surface area contributed by atoms with E-state index in [1.165, 1.54) is 12.1 Å². The van der Waals surface area contributed by atoms with Crippen LogP contribution in [0, 0.1) is 0 Å². The lowest BCUT2D eigenvalue weighted by atomic mass is 10.0. The maximum Gasteiger partial charge on any atom is 0.387 e. The number of piperidine rings is 1. The predicted molar refractivity (Wildman–Crippen MR) is 109 cm³/mol. The number of hydrogen-bond donors (Lipinski definition) is 0. The Hall–Kier alpha value is -1.78. The first-order valence-electron chi connectivity index (χ1n) is 10.2. The van der Waals surface area contributed by atoms with Crippen LogP contribution in [-0.4, -0.2) is 93.0 Å². The van der Waals surface area contributed by atoms with Crippen molar-refractivity contribution in [2.24, 2.45) is 0 Å². The number of carbonyl (C=O) groups is 1. The lowest BCUT2D eigenvalue weighted by molar-refractivity contribution is -0.132. The fraction of sp³-hybridized carbons (Fsp3) is 0.650. The molecule has 1 amide bonds. The van der Waals surface area contributed by atoms with Crippen molar-refractivity contribution in [2.45, 2.75) is 32.0 Å². The molecule has 2 fully saturated rings. The fourth-order valence-corrected chi connectivity index (χ4v) is 5.21. The van der Waals surface area contributed by atoms with E-state index in [1.807, 2.05) is 0 Å². The third kappa shape index (κ3) is 6.61. The van der Waals surface area contributed by atoms with Gasteiger partial charge in [-0.05, 0) is 30.5 Å². The van der Waals surface area contributed by atoms with Gasteiger partial charge in [-0.3, -0.25) is 14.6 Å². The molecule has 0 aliphatic carbocycles. The summed E-state index contributed by atoms with van der Waals surface area (Å²) in [6.45, 7) is 0.718. The molecule has 0 aromatic heterocycles. The molecule has 0 spiro atoms. The van der Waals surface area contributed by atoms with Gasteiger partial charge in [-0.1, -0.05) is 12.1 Å². The Kier molecular flexibility index (Phi) is 7.65. The van der Waals surface area contributed by atoms with Crippen molar-refractivity contribution in [3.63, 3.8) is 0 Å². The largest absolute Gasteiger partial charge is 0.435 e.